The van der Waals surface area contributed by atoms with Crippen LogP contribution < -0.4 is 10.6 Å². The molecule has 0 unspecified atom stereocenters. The molecule has 1 heterocycles. The minimum absolute atomic E-state index is 0.157. The number of aryl methyl sites for hydroxylation is 1. The Hall–Kier alpha value is -3.32. The average Bonchev–Trinajstić information content (AvgIpc) is 3.16. The molecule has 3 aromatic rings. The molecular weight excluding hydrogens is 372 g/mol. The monoisotopic (exact) mass is 392 g/mol. The number of carbonyl (C=O) groups is 2. The van der Waals surface area contributed by atoms with E-state index in [2.05, 4.69) is 20.8 Å². The predicted molar refractivity (Wildman–Crippen MR) is 112 cm³/mol. The Morgan fingerprint density at radius 1 is 1.04 bits per heavy atom. The minimum atomic E-state index is -0.241. The lowest BCUT2D eigenvalue weighted by Gasteiger charge is -2.02. The molecule has 142 valence electrons. The van der Waals surface area contributed by atoms with Gasteiger partial charge in [0, 0.05) is 24.6 Å². The molecule has 0 spiro atoms. The molecule has 7 heteroatoms. The van der Waals surface area contributed by atoms with Crippen LogP contribution >= 0.6 is 11.3 Å². The zero-order valence-electron chi connectivity index (χ0n) is 15.4. The summed E-state index contributed by atoms with van der Waals surface area (Å²) in [4.78, 5) is 23.8. The van der Waals surface area contributed by atoms with E-state index in [0.29, 0.717) is 5.13 Å². The quantitative estimate of drug-likeness (QED) is 0.601. The van der Waals surface area contributed by atoms with Gasteiger partial charge in [-0.1, -0.05) is 71.5 Å². The highest BCUT2D eigenvalue weighted by Crippen LogP contribution is 2.26. The van der Waals surface area contributed by atoms with Gasteiger partial charge in [-0.05, 0) is 18.6 Å². The van der Waals surface area contributed by atoms with Gasteiger partial charge in [0.1, 0.15) is 5.01 Å². The lowest BCUT2D eigenvalue weighted by molar-refractivity contribution is -0.117. The van der Waals surface area contributed by atoms with Crippen molar-refractivity contribution >= 4 is 34.4 Å². The van der Waals surface area contributed by atoms with E-state index in [-0.39, 0.29) is 24.8 Å². The first-order valence-corrected chi connectivity index (χ1v) is 9.63. The maximum Gasteiger partial charge on any atom is 0.244 e. The number of carbonyl (C=O) groups excluding carboxylic acids is 2. The van der Waals surface area contributed by atoms with Crippen LogP contribution in [0.2, 0.25) is 0 Å². The molecule has 6 nitrogen and oxygen atoms in total. The van der Waals surface area contributed by atoms with Crippen molar-refractivity contribution in [3.63, 3.8) is 0 Å². The summed E-state index contributed by atoms with van der Waals surface area (Å²) in [6.45, 7) is 2.26. The standard InChI is InChI=1S/C21H20N4O2S/c1-15-7-10-17(11-8-15)20-24-25-21(28-20)23-19(27)13-14-22-18(26)12-9-16-5-3-2-4-6-16/h2-12H,13-14H2,1H3,(H,22,26)(H,23,25,27)/b12-9+. The molecule has 1 aromatic heterocycles. The van der Waals surface area contributed by atoms with E-state index in [9.17, 15) is 9.59 Å². The average molecular weight is 392 g/mol. The zero-order valence-corrected chi connectivity index (χ0v) is 16.2. The fourth-order valence-corrected chi connectivity index (χ4v) is 3.13. The summed E-state index contributed by atoms with van der Waals surface area (Å²) < 4.78 is 0. The normalized spacial score (nSPS) is 10.8. The molecule has 2 aromatic carbocycles. The summed E-state index contributed by atoms with van der Waals surface area (Å²) in [6, 6.07) is 17.5. The third-order valence-corrected chi connectivity index (χ3v) is 4.74. The first-order chi connectivity index (χ1) is 13.6. The number of anilines is 1. The van der Waals surface area contributed by atoms with Crippen molar-refractivity contribution in [2.24, 2.45) is 0 Å². The molecule has 0 aliphatic rings. The molecule has 0 radical (unpaired) electrons. The number of hydrogen-bond acceptors (Lipinski definition) is 5. The van der Waals surface area contributed by atoms with Gasteiger partial charge in [0.15, 0.2) is 0 Å². The van der Waals surface area contributed by atoms with Crippen LogP contribution in [0.3, 0.4) is 0 Å². The maximum absolute atomic E-state index is 12.0. The summed E-state index contributed by atoms with van der Waals surface area (Å²) in [5, 5.41) is 14.7. The van der Waals surface area contributed by atoms with Gasteiger partial charge in [-0.25, -0.2) is 0 Å². The van der Waals surface area contributed by atoms with Crippen molar-refractivity contribution in [3.8, 4) is 10.6 Å². The zero-order chi connectivity index (χ0) is 19.8. The number of aromatic nitrogens is 2. The van der Waals surface area contributed by atoms with Crippen molar-refractivity contribution in [1.82, 2.24) is 15.5 Å². The van der Waals surface area contributed by atoms with Crippen molar-refractivity contribution in [3.05, 3.63) is 71.8 Å². The number of benzene rings is 2. The molecule has 2 amide bonds. The Balaban J connectivity index is 1.43. The van der Waals surface area contributed by atoms with Crippen molar-refractivity contribution < 1.29 is 9.59 Å². The fraction of sp³-hybridized carbons (Fsp3) is 0.143. The Bertz CT molecular complexity index is 966. The number of nitrogens with one attached hydrogen (secondary N) is 2. The first kappa shape index (κ1) is 19.4. The van der Waals surface area contributed by atoms with Gasteiger partial charge in [-0.15, -0.1) is 10.2 Å². The van der Waals surface area contributed by atoms with E-state index in [1.165, 1.54) is 23.0 Å². The molecule has 0 bridgehead atoms. The minimum Gasteiger partial charge on any atom is -0.352 e. The third kappa shape index (κ3) is 5.85. The Morgan fingerprint density at radius 2 is 1.79 bits per heavy atom. The lowest BCUT2D eigenvalue weighted by atomic mass is 10.2. The Kier molecular flexibility index (Phi) is 6.64. The molecular formula is C21H20N4O2S. The third-order valence-electron chi connectivity index (χ3n) is 3.85. The highest BCUT2D eigenvalue weighted by Gasteiger charge is 2.10. The van der Waals surface area contributed by atoms with Crippen LogP contribution in [0.25, 0.3) is 16.6 Å². The van der Waals surface area contributed by atoms with E-state index in [1.54, 1.807) is 6.08 Å². The van der Waals surface area contributed by atoms with Crippen LogP contribution in [0.4, 0.5) is 5.13 Å². The number of amides is 2. The molecule has 3 rings (SSSR count). The molecule has 0 aliphatic carbocycles. The van der Waals surface area contributed by atoms with Gasteiger partial charge in [-0.2, -0.15) is 0 Å². The fourth-order valence-electron chi connectivity index (χ4n) is 2.36. The van der Waals surface area contributed by atoms with Crippen LogP contribution in [0.1, 0.15) is 17.5 Å². The molecule has 0 saturated carbocycles. The summed E-state index contributed by atoms with van der Waals surface area (Å²) in [5.74, 6) is -0.465. The molecule has 2 N–H and O–H groups in total. The second kappa shape index (κ2) is 9.57. The highest BCUT2D eigenvalue weighted by atomic mass is 32.1. The topological polar surface area (TPSA) is 84.0 Å². The highest BCUT2D eigenvalue weighted by molar-refractivity contribution is 7.18. The second-order valence-corrected chi connectivity index (χ2v) is 7.09. The summed E-state index contributed by atoms with van der Waals surface area (Å²) >= 11 is 1.31. The van der Waals surface area contributed by atoms with Gasteiger partial charge < -0.3 is 10.6 Å². The van der Waals surface area contributed by atoms with Crippen molar-refractivity contribution in [2.45, 2.75) is 13.3 Å². The number of nitrogens with zero attached hydrogens (tertiary/aromatic N) is 2. The molecule has 28 heavy (non-hydrogen) atoms. The number of hydrogen-bond donors (Lipinski definition) is 2. The molecule has 0 aliphatic heterocycles. The maximum atomic E-state index is 12.0. The van der Waals surface area contributed by atoms with E-state index >= 15 is 0 Å². The summed E-state index contributed by atoms with van der Waals surface area (Å²) in [7, 11) is 0. The van der Waals surface area contributed by atoms with E-state index in [1.807, 2.05) is 61.5 Å². The summed E-state index contributed by atoms with van der Waals surface area (Å²) in [6.07, 6.45) is 3.33. The Morgan fingerprint density at radius 3 is 2.54 bits per heavy atom. The van der Waals surface area contributed by atoms with Gasteiger partial charge in [-0.3, -0.25) is 9.59 Å². The molecule has 0 saturated heterocycles. The van der Waals surface area contributed by atoms with E-state index in [0.717, 1.165) is 16.1 Å². The van der Waals surface area contributed by atoms with Gasteiger partial charge >= 0.3 is 0 Å². The predicted octanol–water partition coefficient (Wildman–Crippen LogP) is 3.67. The van der Waals surface area contributed by atoms with Crippen LogP contribution in [0, 0.1) is 6.92 Å². The van der Waals surface area contributed by atoms with E-state index in [4.69, 9.17) is 0 Å². The van der Waals surface area contributed by atoms with Gasteiger partial charge in [0.2, 0.25) is 16.9 Å². The molecule has 0 fully saturated rings. The second-order valence-electron chi connectivity index (χ2n) is 6.11. The van der Waals surface area contributed by atoms with Crippen molar-refractivity contribution in [1.29, 1.82) is 0 Å². The Labute approximate surface area is 167 Å². The van der Waals surface area contributed by atoms with Crippen LogP contribution in [0.5, 0.6) is 0 Å². The lowest BCUT2D eigenvalue weighted by Crippen LogP contribution is -2.26. The summed E-state index contributed by atoms with van der Waals surface area (Å²) in [5.41, 5.74) is 3.07. The smallest absolute Gasteiger partial charge is 0.244 e. The number of rotatable bonds is 7. The van der Waals surface area contributed by atoms with Crippen molar-refractivity contribution in [2.75, 3.05) is 11.9 Å². The van der Waals surface area contributed by atoms with Crippen LogP contribution in [0.15, 0.2) is 60.7 Å². The van der Waals surface area contributed by atoms with E-state index < -0.39 is 0 Å². The van der Waals surface area contributed by atoms with Crippen LogP contribution in [-0.2, 0) is 9.59 Å². The largest absolute Gasteiger partial charge is 0.352 e. The first-order valence-electron chi connectivity index (χ1n) is 8.81. The molecule has 0 atom stereocenters. The van der Waals surface area contributed by atoms with Crippen LogP contribution in [-0.4, -0.2) is 28.6 Å². The SMILES string of the molecule is Cc1ccc(-c2nnc(NC(=O)CCNC(=O)/C=C/c3ccccc3)s2)cc1. The van der Waals surface area contributed by atoms with Gasteiger partial charge in [0.25, 0.3) is 0 Å². The van der Waals surface area contributed by atoms with Gasteiger partial charge in [0.05, 0.1) is 0 Å².